The lowest BCUT2D eigenvalue weighted by atomic mass is 10.4. The first kappa shape index (κ1) is 13.3. The Balaban J connectivity index is 2.11. The number of aryl methyl sites for hydroxylation is 1. The smallest absolute Gasteiger partial charge is 0.132 e. The molecule has 2 aromatic rings. The third kappa shape index (κ3) is 3.20. The number of hydrogen-bond acceptors (Lipinski definition) is 5. The van der Waals surface area contributed by atoms with Crippen molar-refractivity contribution >= 4 is 38.9 Å². The van der Waals surface area contributed by atoms with E-state index >= 15 is 0 Å². The van der Waals surface area contributed by atoms with Gasteiger partial charge in [0.05, 0.1) is 6.54 Å². The van der Waals surface area contributed by atoms with Gasteiger partial charge in [0.2, 0.25) is 0 Å². The van der Waals surface area contributed by atoms with Gasteiger partial charge < -0.3 is 10.6 Å². The van der Waals surface area contributed by atoms with Gasteiger partial charge in [0.15, 0.2) is 0 Å². The fourth-order valence-electron chi connectivity index (χ4n) is 1.50. The molecule has 0 radical (unpaired) electrons. The number of nitrogens with zero attached hydrogens (tertiary/aromatic N) is 2. The minimum atomic E-state index is 0.765. The van der Waals surface area contributed by atoms with E-state index in [1.807, 2.05) is 13.1 Å². The molecule has 2 N–H and O–H groups in total. The predicted octanol–water partition coefficient (Wildman–Crippen LogP) is 3.52. The maximum Gasteiger partial charge on any atom is 0.132 e. The molecule has 0 aliphatic heterocycles. The number of nitrogens with one attached hydrogen (secondary N) is 2. The highest BCUT2D eigenvalue weighted by atomic mass is 79.9. The molecule has 0 unspecified atom stereocenters. The maximum atomic E-state index is 4.46. The summed E-state index contributed by atoms with van der Waals surface area (Å²) in [6, 6.07) is 3.97. The number of anilines is 2. The molecule has 0 fully saturated rings. The molecule has 0 aromatic carbocycles. The monoisotopic (exact) mass is 326 g/mol. The minimum Gasteiger partial charge on any atom is -0.373 e. The van der Waals surface area contributed by atoms with Gasteiger partial charge in [-0.05, 0) is 27.4 Å². The standard InChI is InChI=1S/C12H15BrN4S/c1-3-10-16-11(14-2)6-12(17-10)15-7-9-8(13)4-5-18-9/h4-6H,3,7H2,1-2H3,(H2,14,15,16,17). The van der Waals surface area contributed by atoms with Crippen LogP contribution in [0, 0.1) is 0 Å². The number of aromatic nitrogens is 2. The van der Waals surface area contributed by atoms with E-state index in [1.54, 1.807) is 11.3 Å². The van der Waals surface area contributed by atoms with Crippen LogP contribution in [0.4, 0.5) is 11.6 Å². The minimum absolute atomic E-state index is 0.765. The summed E-state index contributed by atoms with van der Waals surface area (Å²) in [5, 5.41) is 8.44. The molecule has 2 rings (SSSR count). The van der Waals surface area contributed by atoms with E-state index in [-0.39, 0.29) is 0 Å². The molecular weight excluding hydrogens is 312 g/mol. The van der Waals surface area contributed by atoms with E-state index in [2.05, 4.69) is 54.9 Å². The van der Waals surface area contributed by atoms with Crippen LogP contribution in [0.25, 0.3) is 0 Å². The zero-order valence-electron chi connectivity index (χ0n) is 10.3. The number of thiophene rings is 1. The first-order chi connectivity index (χ1) is 8.72. The van der Waals surface area contributed by atoms with Gasteiger partial charge in [-0.1, -0.05) is 6.92 Å². The van der Waals surface area contributed by atoms with Crippen LogP contribution in [0.5, 0.6) is 0 Å². The second kappa shape index (κ2) is 6.15. The molecule has 0 spiro atoms. The van der Waals surface area contributed by atoms with Crippen molar-refractivity contribution in [2.45, 2.75) is 19.9 Å². The van der Waals surface area contributed by atoms with Crippen LogP contribution in [0.1, 0.15) is 17.6 Å². The van der Waals surface area contributed by atoms with Crippen molar-refractivity contribution in [1.29, 1.82) is 0 Å². The Hall–Kier alpha value is -1.14. The van der Waals surface area contributed by atoms with E-state index in [0.29, 0.717) is 0 Å². The molecule has 2 aromatic heterocycles. The van der Waals surface area contributed by atoms with Crippen LogP contribution in [0.15, 0.2) is 22.0 Å². The van der Waals surface area contributed by atoms with Gasteiger partial charge >= 0.3 is 0 Å². The molecule has 6 heteroatoms. The van der Waals surface area contributed by atoms with Crippen molar-refractivity contribution in [2.75, 3.05) is 17.7 Å². The van der Waals surface area contributed by atoms with Crippen LogP contribution in [0.3, 0.4) is 0 Å². The molecule has 0 bridgehead atoms. The Morgan fingerprint density at radius 1 is 1.33 bits per heavy atom. The van der Waals surface area contributed by atoms with Gasteiger partial charge in [0, 0.05) is 28.9 Å². The summed E-state index contributed by atoms with van der Waals surface area (Å²) in [6.45, 7) is 2.82. The first-order valence-corrected chi connectivity index (χ1v) is 7.41. The van der Waals surface area contributed by atoms with Crippen LogP contribution < -0.4 is 10.6 Å². The molecule has 0 saturated carbocycles. The Bertz CT molecular complexity index is 504. The molecule has 0 atom stereocenters. The van der Waals surface area contributed by atoms with Gasteiger partial charge in [-0.2, -0.15) is 0 Å². The highest BCUT2D eigenvalue weighted by molar-refractivity contribution is 9.10. The van der Waals surface area contributed by atoms with Crippen LogP contribution in [-0.2, 0) is 13.0 Å². The Kier molecular flexibility index (Phi) is 4.54. The van der Waals surface area contributed by atoms with E-state index in [0.717, 1.165) is 34.9 Å². The van der Waals surface area contributed by atoms with Gasteiger partial charge in [-0.15, -0.1) is 11.3 Å². The molecule has 0 saturated heterocycles. The lowest BCUT2D eigenvalue weighted by Gasteiger charge is -2.08. The normalized spacial score (nSPS) is 10.4. The van der Waals surface area contributed by atoms with E-state index < -0.39 is 0 Å². The fourth-order valence-corrected chi connectivity index (χ4v) is 2.93. The van der Waals surface area contributed by atoms with E-state index in [4.69, 9.17) is 0 Å². The van der Waals surface area contributed by atoms with Crippen molar-refractivity contribution < 1.29 is 0 Å². The van der Waals surface area contributed by atoms with E-state index in [1.165, 1.54) is 4.88 Å². The average molecular weight is 327 g/mol. The lowest BCUT2D eigenvalue weighted by Crippen LogP contribution is -2.05. The van der Waals surface area contributed by atoms with Gasteiger partial charge in [-0.25, -0.2) is 9.97 Å². The topological polar surface area (TPSA) is 49.8 Å². The summed E-state index contributed by atoms with van der Waals surface area (Å²) in [5.74, 6) is 2.54. The van der Waals surface area contributed by atoms with Gasteiger partial charge in [0.25, 0.3) is 0 Å². The quantitative estimate of drug-likeness (QED) is 0.882. The third-order valence-corrected chi connectivity index (χ3v) is 4.39. The fraction of sp³-hybridized carbons (Fsp3) is 0.333. The summed E-state index contributed by atoms with van der Waals surface area (Å²) in [4.78, 5) is 10.1. The van der Waals surface area contributed by atoms with Gasteiger partial charge in [0.1, 0.15) is 17.5 Å². The number of hydrogen-bond donors (Lipinski definition) is 2. The van der Waals surface area contributed by atoms with Crippen molar-refractivity contribution in [2.24, 2.45) is 0 Å². The number of halogens is 1. The Morgan fingerprint density at radius 3 is 2.72 bits per heavy atom. The van der Waals surface area contributed by atoms with Crippen molar-refractivity contribution in [3.63, 3.8) is 0 Å². The molecular formula is C12H15BrN4S. The molecule has 96 valence electrons. The second-order valence-electron chi connectivity index (χ2n) is 3.70. The summed E-state index contributed by atoms with van der Waals surface area (Å²) in [7, 11) is 1.86. The summed E-state index contributed by atoms with van der Waals surface area (Å²) in [6.07, 6.45) is 0.826. The van der Waals surface area contributed by atoms with Crippen LogP contribution in [0.2, 0.25) is 0 Å². The molecule has 2 heterocycles. The number of rotatable bonds is 5. The lowest BCUT2D eigenvalue weighted by molar-refractivity contribution is 0.935. The summed E-state index contributed by atoms with van der Waals surface area (Å²) >= 11 is 5.24. The van der Waals surface area contributed by atoms with Crippen molar-refractivity contribution in [3.05, 3.63) is 32.7 Å². The SMILES string of the molecule is CCc1nc(NC)cc(NCc2sccc2Br)n1. The third-order valence-electron chi connectivity index (χ3n) is 2.47. The van der Waals surface area contributed by atoms with E-state index in [9.17, 15) is 0 Å². The molecule has 18 heavy (non-hydrogen) atoms. The molecule has 0 aliphatic rings. The zero-order valence-corrected chi connectivity index (χ0v) is 12.7. The van der Waals surface area contributed by atoms with Crippen molar-refractivity contribution in [1.82, 2.24) is 9.97 Å². The Morgan fingerprint density at radius 2 is 2.11 bits per heavy atom. The largest absolute Gasteiger partial charge is 0.373 e. The molecule has 4 nitrogen and oxygen atoms in total. The van der Waals surface area contributed by atoms with Crippen LogP contribution >= 0.6 is 27.3 Å². The average Bonchev–Trinajstić information content (AvgIpc) is 2.81. The second-order valence-corrected chi connectivity index (χ2v) is 5.56. The highest BCUT2D eigenvalue weighted by Gasteiger charge is 2.04. The Labute approximate surface area is 119 Å². The molecule has 0 aliphatic carbocycles. The predicted molar refractivity (Wildman–Crippen MR) is 80.3 cm³/mol. The summed E-state index contributed by atoms with van der Waals surface area (Å²) < 4.78 is 1.14. The summed E-state index contributed by atoms with van der Waals surface area (Å²) in [5.41, 5.74) is 0. The maximum absolute atomic E-state index is 4.46. The highest BCUT2D eigenvalue weighted by Crippen LogP contribution is 2.23. The van der Waals surface area contributed by atoms with Crippen LogP contribution in [-0.4, -0.2) is 17.0 Å². The van der Waals surface area contributed by atoms with Gasteiger partial charge in [-0.3, -0.25) is 0 Å². The zero-order chi connectivity index (χ0) is 13.0. The van der Waals surface area contributed by atoms with Crippen molar-refractivity contribution in [3.8, 4) is 0 Å². The first-order valence-electron chi connectivity index (χ1n) is 5.74. The molecule has 0 amide bonds.